The summed E-state index contributed by atoms with van der Waals surface area (Å²) in [5.74, 6) is 0.626. The summed E-state index contributed by atoms with van der Waals surface area (Å²) in [6, 6.07) is 5.94. The van der Waals surface area contributed by atoms with Crippen LogP contribution in [0.5, 0.6) is 5.88 Å². The Hall–Kier alpha value is -2.25. The molecule has 25 heavy (non-hydrogen) atoms. The molecule has 0 aromatic carbocycles. The van der Waals surface area contributed by atoms with Gasteiger partial charge in [-0.3, -0.25) is 14.1 Å². The summed E-state index contributed by atoms with van der Waals surface area (Å²) in [6.07, 6.45) is 4.11. The molecule has 3 aromatic heterocycles. The van der Waals surface area contributed by atoms with E-state index in [9.17, 15) is 4.79 Å². The zero-order valence-electron chi connectivity index (χ0n) is 14.3. The molecule has 4 heterocycles. The largest absolute Gasteiger partial charge is 0.481 e. The molecule has 0 N–H and O–H groups in total. The molecule has 7 heteroatoms. The van der Waals surface area contributed by atoms with Crippen molar-refractivity contribution in [2.45, 2.75) is 32.4 Å². The van der Waals surface area contributed by atoms with Crippen molar-refractivity contribution < 1.29 is 4.74 Å². The molecular weight excluding hydrogens is 336 g/mol. The van der Waals surface area contributed by atoms with E-state index in [0.29, 0.717) is 18.5 Å². The Balaban J connectivity index is 1.59. The van der Waals surface area contributed by atoms with Crippen LogP contribution in [0, 0.1) is 6.92 Å². The number of aromatic nitrogens is 3. The zero-order valence-corrected chi connectivity index (χ0v) is 15.1. The first-order valence-electron chi connectivity index (χ1n) is 8.36. The van der Waals surface area contributed by atoms with Gasteiger partial charge in [-0.1, -0.05) is 6.07 Å². The molecule has 1 aliphatic rings. The number of thiazole rings is 1. The van der Waals surface area contributed by atoms with Crippen LogP contribution in [-0.4, -0.2) is 32.9 Å². The maximum Gasteiger partial charge on any atom is 0.259 e. The standard InChI is InChI=1S/C18H20N4O2S/c1-12-11-25-18-20-14(8-17(23)22(12)18)10-21-7-3-4-15(21)13-5-6-16(24-2)19-9-13/h5-6,8-9,11,15H,3-4,7,10H2,1-2H3. The molecule has 1 aliphatic heterocycles. The van der Waals surface area contributed by atoms with Gasteiger partial charge in [-0.2, -0.15) is 0 Å². The first-order valence-corrected chi connectivity index (χ1v) is 9.24. The summed E-state index contributed by atoms with van der Waals surface area (Å²) in [5.41, 5.74) is 2.95. The maximum atomic E-state index is 12.4. The number of ether oxygens (including phenoxy) is 1. The van der Waals surface area contributed by atoms with Crippen LogP contribution in [0.25, 0.3) is 4.96 Å². The molecule has 1 fully saturated rings. The van der Waals surface area contributed by atoms with Gasteiger partial charge in [0.25, 0.3) is 5.56 Å². The van der Waals surface area contributed by atoms with E-state index in [4.69, 9.17) is 4.74 Å². The van der Waals surface area contributed by atoms with E-state index < -0.39 is 0 Å². The molecule has 0 bridgehead atoms. The second kappa shape index (κ2) is 6.57. The summed E-state index contributed by atoms with van der Waals surface area (Å²) in [7, 11) is 1.62. The Labute approximate surface area is 149 Å². The Morgan fingerprint density at radius 1 is 1.40 bits per heavy atom. The maximum absolute atomic E-state index is 12.4. The van der Waals surface area contributed by atoms with Gasteiger partial charge >= 0.3 is 0 Å². The normalized spacial score (nSPS) is 18.1. The van der Waals surface area contributed by atoms with E-state index >= 15 is 0 Å². The molecule has 0 saturated carbocycles. The Bertz CT molecular complexity index is 948. The molecular formula is C18H20N4O2S. The third-order valence-corrected chi connectivity index (χ3v) is 5.65. The summed E-state index contributed by atoms with van der Waals surface area (Å²) >= 11 is 1.51. The minimum atomic E-state index is 0.000566. The van der Waals surface area contributed by atoms with Crippen LogP contribution in [0.15, 0.2) is 34.6 Å². The SMILES string of the molecule is COc1ccc(C2CCCN2Cc2cc(=O)n3c(C)csc3n2)cn1. The van der Waals surface area contributed by atoms with Crippen molar-refractivity contribution in [3.05, 3.63) is 57.1 Å². The average Bonchev–Trinajstić information content (AvgIpc) is 3.22. The number of nitrogens with zero attached hydrogens (tertiary/aromatic N) is 4. The first-order chi connectivity index (χ1) is 12.2. The molecule has 1 unspecified atom stereocenters. The van der Waals surface area contributed by atoms with E-state index in [-0.39, 0.29) is 5.56 Å². The van der Waals surface area contributed by atoms with Crippen molar-refractivity contribution in [1.82, 2.24) is 19.3 Å². The number of rotatable bonds is 4. The lowest BCUT2D eigenvalue weighted by Crippen LogP contribution is -2.25. The summed E-state index contributed by atoms with van der Waals surface area (Å²) in [6.45, 7) is 3.61. The van der Waals surface area contributed by atoms with Gasteiger partial charge in [0, 0.05) is 42.0 Å². The third kappa shape index (κ3) is 3.05. The molecule has 0 radical (unpaired) electrons. The monoisotopic (exact) mass is 356 g/mol. The lowest BCUT2D eigenvalue weighted by Gasteiger charge is -2.24. The number of aryl methyl sites for hydroxylation is 1. The summed E-state index contributed by atoms with van der Waals surface area (Å²) in [4.78, 5) is 24.5. The van der Waals surface area contributed by atoms with Crippen LogP contribution in [0.3, 0.4) is 0 Å². The first kappa shape index (κ1) is 16.2. The number of hydrogen-bond acceptors (Lipinski definition) is 6. The van der Waals surface area contributed by atoms with E-state index in [1.807, 2.05) is 24.6 Å². The van der Waals surface area contributed by atoms with Gasteiger partial charge in [-0.15, -0.1) is 11.3 Å². The highest BCUT2D eigenvalue weighted by atomic mass is 32.1. The Morgan fingerprint density at radius 2 is 2.28 bits per heavy atom. The summed E-state index contributed by atoms with van der Waals surface area (Å²) in [5, 5.41) is 1.97. The van der Waals surface area contributed by atoms with E-state index in [1.54, 1.807) is 17.6 Å². The van der Waals surface area contributed by atoms with Crippen molar-refractivity contribution in [3.63, 3.8) is 0 Å². The quantitative estimate of drug-likeness (QED) is 0.719. The Kier molecular flexibility index (Phi) is 4.27. The van der Waals surface area contributed by atoms with Gasteiger partial charge in [0.1, 0.15) is 0 Å². The fraction of sp³-hybridized carbons (Fsp3) is 0.389. The third-order valence-electron chi connectivity index (χ3n) is 4.71. The molecule has 1 saturated heterocycles. The highest BCUT2D eigenvalue weighted by molar-refractivity contribution is 7.15. The van der Waals surface area contributed by atoms with Crippen LogP contribution >= 0.6 is 11.3 Å². The number of pyridine rings is 1. The van der Waals surface area contributed by atoms with Crippen molar-refractivity contribution >= 4 is 16.3 Å². The fourth-order valence-electron chi connectivity index (χ4n) is 3.49. The van der Waals surface area contributed by atoms with Crippen molar-refractivity contribution in [3.8, 4) is 5.88 Å². The van der Waals surface area contributed by atoms with Crippen LogP contribution in [0.2, 0.25) is 0 Å². The van der Waals surface area contributed by atoms with Crippen molar-refractivity contribution in [2.75, 3.05) is 13.7 Å². The lowest BCUT2D eigenvalue weighted by atomic mass is 10.1. The van der Waals surface area contributed by atoms with Crippen LogP contribution in [0.4, 0.5) is 0 Å². The Morgan fingerprint density at radius 3 is 3.04 bits per heavy atom. The molecule has 0 spiro atoms. The lowest BCUT2D eigenvalue weighted by molar-refractivity contribution is 0.245. The smallest absolute Gasteiger partial charge is 0.259 e. The van der Waals surface area contributed by atoms with Gasteiger partial charge in [-0.05, 0) is 31.9 Å². The highest BCUT2D eigenvalue weighted by Gasteiger charge is 2.27. The van der Waals surface area contributed by atoms with Gasteiger partial charge in [-0.25, -0.2) is 9.97 Å². The van der Waals surface area contributed by atoms with E-state index in [2.05, 4.69) is 20.9 Å². The summed E-state index contributed by atoms with van der Waals surface area (Å²) < 4.78 is 6.81. The topological polar surface area (TPSA) is 59.7 Å². The van der Waals surface area contributed by atoms with Crippen LogP contribution in [0.1, 0.15) is 35.8 Å². The second-order valence-corrected chi connectivity index (χ2v) is 7.18. The molecule has 3 aromatic rings. The predicted octanol–water partition coefficient (Wildman–Crippen LogP) is 2.81. The van der Waals surface area contributed by atoms with E-state index in [1.165, 1.54) is 16.9 Å². The van der Waals surface area contributed by atoms with Gasteiger partial charge in [0.05, 0.1) is 12.8 Å². The highest BCUT2D eigenvalue weighted by Crippen LogP contribution is 2.33. The average molecular weight is 356 g/mol. The zero-order chi connectivity index (χ0) is 17.4. The van der Waals surface area contributed by atoms with Crippen molar-refractivity contribution in [1.29, 1.82) is 0 Å². The second-order valence-electron chi connectivity index (χ2n) is 6.34. The number of hydrogen-bond donors (Lipinski definition) is 0. The van der Waals surface area contributed by atoms with Crippen molar-refractivity contribution in [2.24, 2.45) is 0 Å². The number of methoxy groups -OCH3 is 1. The number of likely N-dealkylation sites (tertiary alicyclic amines) is 1. The predicted molar refractivity (Wildman–Crippen MR) is 97.3 cm³/mol. The van der Waals surface area contributed by atoms with Gasteiger partial charge < -0.3 is 4.74 Å². The molecule has 1 atom stereocenters. The van der Waals surface area contributed by atoms with Gasteiger partial charge in [0.2, 0.25) is 5.88 Å². The fourth-order valence-corrected chi connectivity index (χ4v) is 4.38. The minimum absolute atomic E-state index is 0.000566. The number of fused-ring (bicyclic) bond motifs is 1. The van der Waals surface area contributed by atoms with Crippen LogP contribution in [-0.2, 0) is 6.54 Å². The molecule has 4 rings (SSSR count). The van der Waals surface area contributed by atoms with Gasteiger partial charge in [0.15, 0.2) is 4.96 Å². The van der Waals surface area contributed by atoms with Crippen LogP contribution < -0.4 is 10.3 Å². The molecule has 0 aliphatic carbocycles. The minimum Gasteiger partial charge on any atom is -0.481 e. The molecule has 6 nitrogen and oxygen atoms in total. The molecule has 130 valence electrons. The molecule has 0 amide bonds. The van der Waals surface area contributed by atoms with E-state index in [0.717, 1.165) is 35.7 Å².